The molecule has 1 aliphatic heterocycles. The summed E-state index contributed by atoms with van der Waals surface area (Å²) < 4.78 is 26.2. The molecule has 0 spiro atoms. The number of likely N-dealkylation sites (N-methyl/N-ethyl adjacent to an activating group) is 1. The highest BCUT2D eigenvalue weighted by atomic mass is 19.2. The second kappa shape index (κ2) is 7.50. The fourth-order valence-electron chi connectivity index (χ4n) is 2.71. The first-order valence-corrected chi connectivity index (χ1v) is 7.52. The van der Waals surface area contributed by atoms with Gasteiger partial charge in [0.1, 0.15) is 0 Å². The molecule has 1 aliphatic rings. The zero-order valence-electron chi connectivity index (χ0n) is 13.3. The van der Waals surface area contributed by atoms with Crippen molar-refractivity contribution in [2.75, 3.05) is 40.3 Å². The Morgan fingerprint density at radius 1 is 1.22 bits per heavy atom. The van der Waals surface area contributed by atoms with Crippen LogP contribution in [0.1, 0.15) is 5.56 Å². The van der Waals surface area contributed by atoms with Gasteiger partial charge in [0.2, 0.25) is 11.8 Å². The molecule has 23 heavy (non-hydrogen) atoms. The van der Waals surface area contributed by atoms with Gasteiger partial charge in [0.15, 0.2) is 11.6 Å². The van der Waals surface area contributed by atoms with Crippen molar-refractivity contribution in [1.29, 1.82) is 0 Å². The predicted octanol–water partition coefficient (Wildman–Crippen LogP) is 0.644. The minimum Gasteiger partial charge on any atom is -0.359 e. The van der Waals surface area contributed by atoms with Gasteiger partial charge in [-0.15, -0.1) is 0 Å². The van der Waals surface area contributed by atoms with E-state index in [0.717, 1.165) is 12.1 Å². The van der Waals surface area contributed by atoms with Crippen LogP contribution in [0.15, 0.2) is 18.2 Å². The molecular formula is C16H21F2N3O2. The molecular weight excluding hydrogens is 304 g/mol. The first-order chi connectivity index (χ1) is 10.9. The van der Waals surface area contributed by atoms with Gasteiger partial charge in [0.25, 0.3) is 0 Å². The van der Waals surface area contributed by atoms with Crippen LogP contribution < -0.4 is 5.32 Å². The van der Waals surface area contributed by atoms with Crippen LogP contribution in [0.3, 0.4) is 0 Å². The standard InChI is InChI=1S/C16H21F2N3O2/c1-19-16(23)12-9-20(2)5-6-21(10-12)15(22)8-11-3-4-13(17)14(18)7-11/h3-4,7,12H,5-6,8-10H2,1-2H3,(H,19,23)/t12-/m0/s1. The molecule has 2 rings (SSSR count). The molecule has 2 amide bonds. The summed E-state index contributed by atoms with van der Waals surface area (Å²) in [6, 6.07) is 3.45. The zero-order chi connectivity index (χ0) is 17.0. The number of nitrogens with one attached hydrogen (secondary N) is 1. The van der Waals surface area contributed by atoms with Crippen LogP contribution in [0.2, 0.25) is 0 Å². The van der Waals surface area contributed by atoms with Crippen LogP contribution in [0.25, 0.3) is 0 Å². The predicted molar refractivity (Wildman–Crippen MR) is 81.7 cm³/mol. The molecule has 5 nitrogen and oxygen atoms in total. The lowest BCUT2D eigenvalue weighted by Gasteiger charge is -2.23. The van der Waals surface area contributed by atoms with E-state index in [1.54, 1.807) is 11.9 Å². The molecule has 0 unspecified atom stereocenters. The third-order valence-electron chi connectivity index (χ3n) is 4.03. The second-order valence-corrected chi connectivity index (χ2v) is 5.84. The number of amides is 2. The van der Waals surface area contributed by atoms with E-state index < -0.39 is 11.6 Å². The van der Waals surface area contributed by atoms with E-state index in [1.807, 2.05) is 11.9 Å². The van der Waals surface area contributed by atoms with Gasteiger partial charge >= 0.3 is 0 Å². The third-order valence-corrected chi connectivity index (χ3v) is 4.03. The zero-order valence-corrected chi connectivity index (χ0v) is 13.3. The van der Waals surface area contributed by atoms with Crippen molar-refractivity contribution in [3.63, 3.8) is 0 Å². The van der Waals surface area contributed by atoms with Crippen molar-refractivity contribution in [1.82, 2.24) is 15.1 Å². The summed E-state index contributed by atoms with van der Waals surface area (Å²) in [6.45, 7) is 2.07. The van der Waals surface area contributed by atoms with Crippen molar-refractivity contribution in [2.45, 2.75) is 6.42 Å². The number of halogens is 2. The average molecular weight is 325 g/mol. The van der Waals surface area contributed by atoms with E-state index in [4.69, 9.17) is 0 Å². The number of carbonyl (C=O) groups excluding carboxylic acids is 2. The van der Waals surface area contributed by atoms with Gasteiger partial charge in [-0.1, -0.05) is 6.07 Å². The van der Waals surface area contributed by atoms with Crippen molar-refractivity contribution < 1.29 is 18.4 Å². The Balaban J connectivity index is 2.07. The fraction of sp³-hybridized carbons (Fsp3) is 0.500. The van der Waals surface area contributed by atoms with Gasteiger partial charge in [-0.25, -0.2) is 8.78 Å². The minimum atomic E-state index is -0.964. The summed E-state index contributed by atoms with van der Waals surface area (Å²) >= 11 is 0. The highest BCUT2D eigenvalue weighted by molar-refractivity contribution is 5.82. The maximum Gasteiger partial charge on any atom is 0.227 e. The molecule has 0 bridgehead atoms. The highest BCUT2D eigenvalue weighted by Crippen LogP contribution is 2.13. The number of carbonyl (C=O) groups is 2. The normalized spacial score (nSPS) is 19.3. The summed E-state index contributed by atoms with van der Waals surface area (Å²) in [6.07, 6.45) is -0.0125. The number of hydrogen-bond acceptors (Lipinski definition) is 3. The van der Waals surface area contributed by atoms with Crippen molar-refractivity contribution in [3.05, 3.63) is 35.4 Å². The van der Waals surface area contributed by atoms with Gasteiger partial charge in [0.05, 0.1) is 12.3 Å². The summed E-state index contributed by atoms with van der Waals surface area (Å²) in [5, 5.41) is 2.61. The lowest BCUT2D eigenvalue weighted by atomic mass is 10.1. The Morgan fingerprint density at radius 3 is 2.61 bits per heavy atom. The molecule has 1 saturated heterocycles. The van der Waals surface area contributed by atoms with Crippen molar-refractivity contribution in [2.24, 2.45) is 5.92 Å². The van der Waals surface area contributed by atoms with Crippen LogP contribution in [0.5, 0.6) is 0 Å². The van der Waals surface area contributed by atoms with Crippen LogP contribution >= 0.6 is 0 Å². The van der Waals surface area contributed by atoms with E-state index in [9.17, 15) is 18.4 Å². The van der Waals surface area contributed by atoms with Gasteiger partial charge in [-0.05, 0) is 24.7 Å². The third kappa shape index (κ3) is 4.48. The molecule has 0 aromatic heterocycles. The Labute approximate surface area is 134 Å². The largest absolute Gasteiger partial charge is 0.359 e. The summed E-state index contributed by atoms with van der Waals surface area (Å²) in [4.78, 5) is 28.0. The minimum absolute atomic E-state index is 0.0125. The van der Waals surface area contributed by atoms with E-state index in [1.165, 1.54) is 6.07 Å². The van der Waals surface area contributed by atoms with E-state index in [-0.39, 0.29) is 24.2 Å². The lowest BCUT2D eigenvalue weighted by molar-refractivity contribution is -0.132. The number of benzene rings is 1. The van der Waals surface area contributed by atoms with Crippen LogP contribution in [0, 0.1) is 17.6 Å². The Bertz CT molecular complexity index is 595. The molecule has 1 N–H and O–H groups in total. The molecule has 126 valence electrons. The van der Waals surface area contributed by atoms with Crippen LogP contribution in [-0.2, 0) is 16.0 Å². The maximum atomic E-state index is 13.2. The lowest BCUT2D eigenvalue weighted by Crippen LogP contribution is -2.41. The first kappa shape index (κ1) is 17.3. The van der Waals surface area contributed by atoms with Crippen molar-refractivity contribution in [3.8, 4) is 0 Å². The summed E-state index contributed by atoms with van der Waals surface area (Å²) in [7, 11) is 3.47. The molecule has 1 aromatic carbocycles. The van der Waals surface area contributed by atoms with Crippen LogP contribution in [-0.4, -0.2) is 61.9 Å². The van der Waals surface area contributed by atoms with Gasteiger partial charge < -0.3 is 15.1 Å². The molecule has 1 aromatic rings. The first-order valence-electron chi connectivity index (χ1n) is 7.52. The summed E-state index contributed by atoms with van der Waals surface area (Å²) in [5.74, 6) is -2.50. The fourth-order valence-corrected chi connectivity index (χ4v) is 2.71. The highest BCUT2D eigenvalue weighted by Gasteiger charge is 2.28. The van der Waals surface area contributed by atoms with E-state index in [0.29, 0.717) is 31.7 Å². The summed E-state index contributed by atoms with van der Waals surface area (Å²) in [5.41, 5.74) is 0.419. The average Bonchev–Trinajstić information content (AvgIpc) is 2.72. The number of hydrogen-bond donors (Lipinski definition) is 1. The molecule has 0 radical (unpaired) electrons. The topological polar surface area (TPSA) is 52.7 Å². The second-order valence-electron chi connectivity index (χ2n) is 5.84. The molecule has 0 aliphatic carbocycles. The van der Waals surface area contributed by atoms with E-state index in [2.05, 4.69) is 5.32 Å². The Hall–Kier alpha value is -2.02. The Kier molecular flexibility index (Phi) is 5.65. The molecule has 7 heteroatoms. The number of rotatable bonds is 3. The SMILES string of the molecule is CNC(=O)[C@H]1CN(C)CCN(C(=O)Cc2ccc(F)c(F)c2)C1. The molecule has 1 fully saturated rings. The smallest absolute Gasteiger partial charge is 0.227 e. The van der Waals surface area contributed by atoms with Crippen molar-refractivity contribution >= 4 is 11.8 Å². The monoisotopic (exact) mass is 325 g/mol. The number of nitrogens with zero attached hydrogens (tertiary/aromatic N) is 2. The maximum absolute atomic E-state index is 13.2. The van der Waals surface area contributed by atoms with Crippen LogP contribution in [0.4, 0.5) is 8.78 Å². The quantitative estimate of drug-likeness (QED) is 0.887. The Morgan fingerprint density at radius 2 is 1.96 bits per heavy atom. The van der Waals surface area contributed by atoms with Gasteiger partial charge in [-0.2, -0.15) is 0 Å². The molecule has 1 heterocycles. The van der Waals surface area contributed by atoms with Gasteiger partial charge in [-0.3, -0.25) is 9.59 Å². The molecule has 1 atom stereocenters. The van der Waals surface area contributed by atoms with E-state index >= 15 is 0 Å². The molecule has 0 saturated carbocycles. The van der Waals surface area contributed by atoms with Gasteiger partial charge in [0, 0.05) is 33.2 Å².